The maximum Gasteiger partial charge on any atom is 0.243 e. The summed E-state index contributed by atoms with van der Waals surface area (Å²) in [5.74, 6) is -0.0689. The molecule has 1 amide bonds. The van der Waals surface area contributed by atoms with Crippen LogP contribution >= 0.6 is 0 Å². The maximum atomic E-state index is 13.3. The summed E-state index contributed by atoms with van der Waals surface area (Å²) in [6.45, 7) is 4.07. The molecule has 1 aliphatic heterocycles. The average Bonchev–Trinajstić information content (AvgIpc) is 2.86. The number of rotatable bonds is 8. The Morgan fingerprint density at radius 1 is 0.824 bits per heavy atom. The van der Waals surface area contributed by atoms with Crippen molar-refractivity contribution < 1.29 is 13.2 Å². The highest BCUT2D eigenvalue weighted by Crippen LogP contribution is 2.30. The lowest BCUT2D eigenvalue weighted by molar-refractivity contribution is -0.116. The van der Waals surface area contributed by atoms with Gasteiger partial charge in [0.2, 0.25) is 15.9 Å². The van der Waals surface area contributed by atoms with Gasteiger partial charge in [-0.05, 0) is 41.8 Å². The van der Waals surface area contributed by atoms with Crippen molar-refractivity contribution >= 4 is 21.6 Å². The molecule has 0 bridgehead atoms. The number of anilines is 1. The fraction of sp³-hybridized carbons (Fsp3) is 0.296. The van der Waals surface area contributed by atoms with Crippen molar-refractivity contribution in [2.75, 3.05) is 31.5 Å². The highest BCUT2D eigenvalue weighted by Gasteiger charge is 2.32. The summed E-state index contributed by atoms with van der Waals surface area (Å²) in [6.07, 6.45) is 1.21. The van der Waals surface area contributed by atoms with Gasteiger partial charge in [0.15, 0.2) is 0 Å². The fourth-order valence-corrected chi connectivity index (χ4v) is 5.82. The molecule has 0 spiro atoms. The number of piperazine rings is 1. The van der Waals surface area contributed by atoms with E-state index in [1.165, 1.54) is 11.1 Å². The number of carbonyl (C=O) groups is 1. The van der Waals surface area contributed by atoms with Gasteiger partial charge in [-0.1, -0.05) is 67.6 Å². The molecule has 4 rings (SSSR count). The van der Waals surface area contributed by atoms with Crippen molar-refractivity contribution in [3.63, 3.8) is 0 Å². The third-order valence-corrected chi connectivity index (χ3v) is 8.03. The Balaban J connectivity index is 1.46. The number of hydrogen-bond donors (Lipinski definition) is 1. The van der Waals surface area contributed by atoms with E-state index in [2.05, 4.69) is 34.5 Å². The fourth-order valence-electron chi connectivity index (χ4n) is 4.40. The second-order valence-electron chi connectivity index (χ2n) is 8.49. The van der Waals surface area contributed by atoms with E-state index in [4.69, 9.17) is 0 Å². The number of benzene rings is 3. The molecular weight excluding hydrogens is 446 g/mol. The van der Waals surface area contributed by atoms with Crippen molar-refractivity contribution in [3.8, 4) is 0 Å². The van der Waals surface area contributed by atoms with Crippen LogP contribution in [0.3, 0.4) is 0 Å². The molecule has 0 aromatic heterocycles. The van der Waals surface area contributed by atoms with Crippen molar-refractivity contribution in [1.82, 2.24) is 9.21 Å². The largest absolute Gasteiger partial charge is 0.326 e. The molecule has 3 aromatic rings. The molecule has 1 heterocycles. The van der Waals surface area contributed by atoms with Gasteiger partial charge in [0.05, 0.1) is 10.9 Å². The van der Waals surface area contributed by atoms with Crippen LogP contribution in [0.4, 0.5) is 5.69 Å². The van der Waals surface area contributed by atoms with Crippen LogP contribution in [0.15, 0.2) is 89.8 Å². The van der Waals surface area contributed by atoms with Gasteiger partial charge in [0.1, 0.15) is 0 Å². The van der Waals surface area contributed by atoms with Gasteiger partial charge in [-0.3, -0.25) is 9.69 Å². The van der Waals surface area contributed by atoms with E-state index in [-0.39, 0.29) is 16.8 Å². The third-order valence-electron chi connectivity index (χ3n) is 6.12. The second kappa shape index (κ2) is 11.0. The number of carbonyl (C=O) groups excluding carboxylic acids is 1. The molecule has 0 radical (unpaired) electrons. The molecular formula is C27H31N3O3S. The van der Waals surface area contributed by atoms with Crippen LogP contribution in [0, 0.1) is 0 Å². The number of hydrogen-bond acceptors (Lipinski definition) is 4. The van der Waals surface area contributed by atoms with Crippen LogP contribution in [0.2, 0.25) is 0 Å². The zero-order valence-corrected chi connectivity index (χ0v) is 20.2. The van der Waals surface area contributed by atoms with Gasteiger partial charge in [-0.25, -0.2) is 8.42 Å². The predicted molar refractivity (Wildman–Crippen MR) is 135 cm³/mol. The summed E-state index contributed by atoms with van der Waals surface area (Å²) >= 11 is 0. The van der Waals surface area contributed by atoms with E-state index in [1.54, 1.807) is 28.6 Å². The average molecular weight is 478 g/mol. The smallest absolute Gasteiger partial charge is 0.243 e. The summed E-state index contributed by atoms with van der Waals surface area (Å²) in [7, 11) is -3.60. The monoisotopic (exact) mass is 477 g/mol. The Hall–Kier alpha value is -3.00. The first-order valence-corrected chi connectivity index (χ1v) is 13.2. The SMILES string of the molecule is CCCC(=O)Nc1ccc(S(=O)(=O)N2CCN(C(c3ccccc3)c3ccccc3)CC2)cc1. The minimum Gasteiger partial charge on any atom is -0.326 e. The molecule has 0 saturated carbocycles. The van der Waals surface area contributed by atoms with E-state index in [0.717, 1.165) is 6.42 Å². The van der Waals surface area contributed by atoms with Crippen LogP contribution in [0.1, 0.15) is 36.9 Å². The predicted octanol–water partition coefficient (Wildman–Crippen LogP) is 4.52. The highest BCUT2D eigenvalue weighted by molar-refractivity contribution is 7.89. The van der Waals surface area contributed by atoms with Crippen molar-refractivity contribution in [2.45, 2.75) is 30.7 Å². The summed E-state index contributed by atoms with van der Waals surface area (Å²) in [5, 5.41) is 2.80. The van der Waals surface area contributed by atoms with Crippen LogP contribution in [-0.4, -0.2) is 49.7 Å². The quantitative estimate of drug-likeness (QED) is 0.518. The van der Waals surface area contributed by atoms with Crippen LogP contribution < -0.4 is 5.32 Å². The van der Waals surface area contributed by atoms with E-state index >= 15 is 0 Å². The molecule has 0 atom stereocenters. The number of nitrogens with one attached hydrogen (secondary N) is 1. The van der Waals surface area contributed by atoms with Gasteiger partial charge in [0, 0.05) is 38.3 Å². The van der Waals surface area contributed by atoms with E-state index < -0.39 is 10.0 Å². The minimum atomic E-state index is -3.60. The Morgan fingerprint density at radius 2 is 1.35 bits per heavy atom. The van der Waals surface area contributed by atoms with Gasteiger partial charge in [0.25, 0.3) is 0 Å². The molecule has 1 saturated heterocycles. The molecule has 1 fully saturated rings. The lowest BCUT2D eigenvalue weighted by Crippen LogP contribution is -2.49. The summed E-state index contributed by atoms with van der Waals surface area (Å²) in [6, 6.07) is 27.2. The minimum absolute atomic E-state index is 0.0689. The number of sulfonamides is 1. The highest BCUT2D eigenvalue weighted by atomic mass is 32.2. The first-order chi connectivity index (χ1) is 16.5. The van der Waals surface area contributed by atoms with Gasteiger partial charge >= 0.3 is 0 Å². The normalized spacial score (nSPS) is 15.4. The zero-order chi connectivity index (χ0) is 24.0. The van der Waals surface area contributed by atoms with E-state index in [0.29, 0.717) is 38.3 Å². The molecule has 3 aromatic carbocycles. The Labute approximate surface area is 202 Å². The van der Waals surface area contributed by atoms with E-state index in [9.17, 15) is 13.2 Å². The van der Waals surface area contributed by atoms with Gasteiger partial charge in [-0.15, -0.1) is 0 Å². The number of nitrogens with zero attached hydrogens (tertiary/aromatic N) is 2. The number of amides is 1. The summed E-state index contributed by atoms with van der Waals surface area (Å²) in [5.41, 5.74) is 3.01. The van der Waals surface area contributed by atoms with Crippen LogP contribution in [-0.2, 0) is 14.8 Å². The van der Waals surface area contributed by atoms with Crippen LogP contribution in [0.5, 0.6) is 0 Å². The van der Waals surface area contributed by atoms with Gasteiger partial charge < -0.3 is 5.32 Å². The Morgan fingerprint density at radius 3 is 1.85 bits per heavy atom. The molecule has 34 heavy (non-hydrogen) atoms. The van der Waals surface area contributed by atoms with Crippen molar-refractivity contribution in [1.29, 1.82) is 0 Å². The lowest BCUT2D eigenvalue weighted by Gasteiger charge is -2.39. The second-order valence-corrected chi connectivity index (χ2v) is 10.4. The molecule has 1 N–H and O–H groups in total. The van der Waals surface area contributed by atoms with Gasteiger partial charge in [-0.2, -0.15) is 4.31 Å². The molecule has 1 aliphatic rings. The van der Waals surface area contributed by atoms with E-state index in [1.807, 2.05) is 43.3 Å². The van der Waals surface area contributed by atoms with Crippen LogP contribution in [0.25, 0.3) is 0 Å². The summed E-state index contributed by atoms with van der Waals surface area (Å²) < 4.78 is 28.1. The molecule has 0 unspecified atom stereocenters. The molecule has 6 nitrogen and oxygen atoms in total. The first kappa shape index (κ1) is 24.1. The third kappa shape index (κ3) is 5.55. The molecule has 178 valence electrons. The topological polar surface area (TPSA) is 69.7 Å². The molecule has 7 heteroatoms. The maximum absolute atomic E-state index is 13.3. The van der Waals surface area contributed by atoms with Crippen molar-refractivity contribution in [2.24, 2.45) is 0 Å². The Kier molecular flexibility index (Phi) is 7.77. The summed E-state index contributed by atoms with van der Waals surface area (Å²) in [4.78, 5) is 14.4. The zero-order valence-electron chi connectivity index (χ0n) is 19.4. The van der Waals surface area contributed by atoms with Crippen molar-refractivity contribution in [3.05, 3.63) is 96.1 Å². The first-order valence-electron chi connectivity index (χ1n) is 11.7. The standard InChI is InChI=1S/C27H31N3O3S/c1-2-9-26(31)28-24-14-16-25(17-15-24)34(32,33)30-20-18-29(19-21-30)27(22-10-5-3-6-11-22)23-12-7-4-8-13-23/h3-8,10-17,27H,2,9,18-21H2,1H3,(H,28,31). The molecule has 0 aliphatic carbocycles. The Bertz CT molecular complexity index is 1140. The lowest BCUT2D eigenvalue weighted by atomic mass is 9.96.